The number of carbonyl (C=O) groups is 2. The Labute approximate surface area is 116 Å². The highest BCUT2D eigenvalue weighted by Gasteiger charge is 2.17. The molecule has 112 valence electrons. The van der Waals surface area contributed by atoms with E-state index in [-0.39, 0.29) is 24.8 Å². The van der Waals surface area contributed by atoms with E-state index >= 15 is 0 Å². The number of amides is 1. The molecule has 0 spiro atoms. The van der Waals surface area contributed by atoms with Crippen molar-refractivity contribution in [3.8, 4) is 0 Å². The molecule has 0 bridgehead atoms. The fourth-order valence-electron chi connectivity index (χ4n) is 1.39. The lowest BCUT2D eigenvalue weighted by atomic mass is 10.2. The first-order valence-electron chi connectivity index (χ1n) is 6.28. The summed E-state index contributed by atoms with van der Waals surface area (Å²) in [6.07, 6.45) is -0.582. The van der Waals surface area contributed by atoms with Crippen LogP contribution in [0, 0.1) is 0 Å². The van der Waals surface area contributed by atoms with E-state index < -0.39 is 12.1 Å². The van der Waals surface area contributed by atoms with E-state index in [0.717, 1.165) is 0 Å². The minimum Gasteiger partial charge on any atom is -0.479 e. The molecule has 0 aliphatic rings. The van der Waals surface area contributed by atoms with Crippen molar-refractivity contribution < 1.29 is 24.0 Å². The number of hydrogen-bond donors (Lipinski definition) is 2. The van der Waals surface area contributed by atoms with Crippen LogP contribution in [-0.2, 0) is 20.7 Å². The highest BCUT2D eigenvalue weighted by atomic mass is 16.5. The van der Waals surface area contributed by atoms with Gasteiger partial charge in [0.1, 0.15) is 0 Å². The number of hydrogen-bond acceptors (Lipinski definition) is 6. The minimum absolute atomic E-state index is 0.0776. The van der Waals surface area contributed by atoms with Crippen molar-refractivity contribution >= 4 is 11.9 Å². The summed E-state index contributed by atoms with van der Waals surface area (Å²) in [5.74, 6) is -0.251. The summed E-state index contributed by atoms with van der Waals surface area (Å²) >= 11 is 0. The molecule has 0 fully saturated rings. The molecule has 1 rings (SSSR count). The number of nitrogens with one attached hydrogen (secondary N) is 1. The second kappa shape index (κ2) is 7.59. The van der Waals surface area contributed by atoms with Gasteiger partial charge in [0.15, 0.2) is 11.9 Å². The van der Waals surface area contributed by atoms with E-state index in [1.54, 1.807) is 0 Å². The Balaban J connectivity index is 2.34. The number of nitrogens with zero attached hydrogens (tertiary/aromatic N) is 2. The molecular formula is C12H19N3O5. The van der Waals surface area contributed by atoms with E-state index in [2.05, 4.69) is 15.5 Å². The number of carboxylic acids is 1. The highest BCUT2D eigenvalue weighted by molar-refractivity contribution is 5.78. The summed E-state index contributed by atoms with van der Waals surface area (Å²) in [6, 6.07) is 0. The van der Waals surface area contributed by atoms with E-state index in [1.807, 2.05) is 13.8 Å². The average molecular weight is 285 g/mol. The van der Waals surface area contributed by atoms with Crippen molar-refractivity contribution in [1.82, 2.24) is 15.5 Å². The molecule has 0 aliphatic heterocycles. The molecule has 1 aromatic rings. The van der Waals surface area contributed by atoms with Gasteiger partial charge in [0.2, 0.25) is 11.8 Å². The number of aliphatic carboxylic acids is 1. The van der Waals surface area contributed by atoms with Gasteiger partial charge in [-0.1, -0.05) is 19.0 Å². The van der Waals surface area contributed by atoms with Crippen LogP contribution >= 0.6 is 0 Å². The third-order valence-corrected chi connectivity index (χ3v) is 2.61. The second-order valence-electron chi connectivity index (χ2n) is 4.57. The van der Waals surface area contributed by atoms with E-state index in [4.69, 9.17) is 14.4 Å². The Kier molecular flexibility index (Phi) is 6.10. The molecule has 0 saturated carbocycles. The quantitative estimate of drug-likeness (QED) is 0.707. The van der Waals surface area contributed by atoms with Gasteiger partial charge in [-0.15, -0.1) is 0 Å². The third-order valence-electron chi connectivity index (χ3n) is 2.61. The van der Waals surface area contributed by atoms with Crippen LogP contribution < -0.4 is 5.32 Å². The number of carbonyl (C=O) groups excluding carboxylic acids is 1. The predicted molar refractivity (Wildman–Crippen MR) is 68.2 cm³/mol. The second-order valence-corrected chi connectivity index (χ2v) is 4.57. The lowest BCUT2D eigenvalue weighted by Crippen LogP contribution is -2.37. The molecule has 1 amide bonds. The molecule has 0 radical (unpaired) electrons. The van der Waals surface area contributed by atoms with Crippen LogP contribution in [-0.4, -0.2) is 46.9 Å². The van der Waals surface area contributed by atoms with Gasteiger partial charge in [0.05, 0.1) is 6.54 Å². The molecule has 1 heterocycles. The van der Waals surface area contributed by atoms with Crippen LogP contribution in [0.25, 0.3) is 0 Å². The fraction of sp³-hybridized carbons (Fsp3) is 0.667. The third kappa shape index (κ3) is 4.96. The zero-order chi connectivity index (χ0) is 15.1. The summed E-state index contributed by atoms with van der Waals surface area (Å²) in [4.78, 5) is 26.4. The monoisotopic (exact) mass is 285 g/mol. The summed E-state index contributed by atoms with van der Waals surface area (Å²) in [5, 5.41) is 15.0. The average Bonchev–Trinajstić information content (AvgIpc) is 2.85. The Bertz CT molecular complexity index is 458. The highest BCUT2D eigenvalue weighted by Crippen LogP contribution is 2.10. The summed E-state index contributed by atoms with van der Waals surface area (Å²) in [6.45, 7) is 3.81. The van der Waals surface area contributed by atoms with Crippen molar-refractivity contribution in [3.63, 3.8) is 0 Å². The first-order valence-corrected chi connectivity index (χ1v) is 6.28. The van der Waals surface area contributed by atoms with Gasteiger partial charge in [-0.2, -0.15) is 4.98 Å². The van der Waals surface area contributed by atoms with Crippen molar-refractivity contribution in [1.29, 1.82) is 0 Å². The van der Waals surface area contributed by atoms with Crippen molar-refractivity contribution in [2.24, 2.45) is 0 Å². The van der Waals surface area contributed by atoms with Gasteiger partial charge in [0.25, 0.3) is 0 Å². The molecule has 0 saturated heterocycles. The fourth-order valence-corrected chi connectivity index (χ4v) is 1.39. The molecule has 20 heavy (non-hydrogen) atoms. The van der Waals surface area contributed by atoms with Crippen LogP contribution in [0.4, 0.5) is 0 Å². The van der Waals surface area contributed by atoms with E-state index in [0.29, 0.717) is 18.1 Å². The predicted octanol–water partition coefficient (Wildman–Crippen LogP) is 0.341. The van der Waals surface area contributed by atoms with Crippen molar-refractivity contribution in [2.75, 3.05) is 13.7 Å². The summed E-state index contributed by atoms with van der Waals surface area (Å²) < 4.78 is 9.70. The SMILES string of the molecule is COC(CNC(=O)CCc1nc(C(C)C)no1)C(=O)O. The van der Waals surface area contributed by atoms with Crippen LogP contribution in [0.1, 0.15) is 37.9 Å². The molecular weight excluding hydrogens is 266 g/mol. The lowest BCUT2D eigenvalue weighted by molar-refractivity contribution is -0.148. The number of rotatable bonds is 8. The molecule has 0 aliphatic carbocycles. The molecule has 1 aromatic heterocycles. The number of carboxylic acid groups (broad SMARTS) is 1. The standard InChI is InChI=1S/C12H19N3O5/c1-7(2)11-14-10(20-15-11)5-4-9(16)13-6-8(19-3)12(17)18/h7-8H,4-6H2,1-3H3,(H,13,16)(H,17,18). The van der Waals surface area contributed by atoms with Gasteiger partial charge < -0.3 is 19.7 Å². The van der Waals surface area contributed by atoms with Crippen LogP contribution in [0.5, 0.6) is 0 Å². The Hall–Kier alpha value is -1.96. The minimum atomic E-state index is -1.12. The molecule has 0 aromatic carbocycles. The van der Waals surface area contributed by atoms with Gasteiger partial charge in [0, 0.05) is 25.9 Å². The molecule has 1 atom stereocenters. The first-order chi connectivity index (χ1) is 9.43. The van der Waals surface area contributed by atoms with Gasteiger partial charge in [-0.25, -0.2) is 4.79 Å². The van der Waals surface area contributed by atoms with Crippen molar-refractivity contribution in [2.45, 2.75) is 38.7 Å². The topological polar surface area (TPSA) is 115 Å². The van der Waals surface area contributed by atoms with Gasteiger partial charge in [-0.3, -0.25) is 4.79 Å². The molecule has 1 unspecified atom stereocenters. The smallest absolute Gasteiger partial charge is 0.334 e. The van der Waals surface area contributed by atoms with Gasteiger partial charge in [-0.05, 0) is 0 Å². The lowest BCUT2D eigenvalue weighted by Gasteiger charge is -2.10. The molecule has 8 nitrogen and oxygen atoms in total. The molecule has 2 N–H and O–H groups in total. The maximum Gasteiger partial charge on any atom is 0.334 e. The maximum absolute atomic E-state index is 11.6. The zero-order valence-electron chi connectivity index (χ0n) is 11.8. The van der Waals surface area contributed by atoms with Crippen molar-refractivity contribution in [3.05, 3.63) is 11.7 Å². The summed E-state index contributed by atoms with van der Waals surface area (Å²) in [5.41, 5.74) is 0. The number of aromatic nitrogens is 2. The molecule has 8 heteroatoms. The Morgan fingerprint density at radius 3 is 2.65 bits per heavy atom. The number of methoxy groups -OCH3 is 1. The van der Waals surface area contributed by atoms with Crippen LogP contribution in [0.2, 0.25) is 0 Å². The van der Waals surface area contributed by atoms with Crippen LogP contribution in [0.3, 0.4) is 0 Å². The largest absolute Gasteiger partial charge is 0.479 e. The Morgan fingerprint density at radius 1 is 1.45 bits per heavy atom. The summed E-state index contributed by atoms with van der Waals surface area (Å²) in [7, 11) is 1.27. The zero-order valence-corrected chi connectivity index (χ0v) is 11.8. The van der Waals surface area contributed by atoms with E-state index in [1.165, 1.54) is 7.11 Å². The number of ether oxygens (including phenoxy) is 1. The normalized spacial score (nSPS) is 12.4. The van der Waals surface area contributed by atoms with E-state index in [9.17, 15) is 9.59 Å². The Morgan fingerprint density at radius 2 is 2.15 bits per heavy atom. The van der Waals surface area contributed by atoms with Gasteiger partial charge >= 0.3 is 5.97 Å². The maximum atomic E-state index is 11.6. The number of aryl methyl sites for hydroxylation is 1. The first kappa shape index (κ1) is 16.1. The van der Waals surface area contributed by atoms with Crippen LogP contribution in [0.15, 0.2) is 4.52 Å².